The van der Waals surface area contributed by atoms with E-state index >= 15 is 0 Å². The number of rotatable bonds is 8. The van der Waals surface area contributed by atoms with E-state index in [4.69, 9.17) is 0 Å². The molecule has 0 fully saturated rings. The minimum absolute atomic E-state index is 0.101. The van der Waals surface area contributed by atoms with Crippen LogP contribution in [0.25, 0.3) is 0 Å². The molecule has 0 saturated heterocycles. The molecule has 1 aromatic carbocycles. The van der Waals surface area contributed by atoms with Crippen molar-refractivity contribution in [3.8, 4) is 0 Å². The molecule has 0 aliphatic rings. The van der Waals surface area contributed by atoms with Gasteiger partial charge in [0.15, 0.2) is 0 Å². The zero-order chi connectivity index (χ0) is 17.4. The highest BCUT2D eigenvalue weighted by Gasteiger charge is 2.27. The highest BCUT2D eigenvalue weighted by Crippen LogP contribution is 2.04. The quantitative estimate of drug-likeness (QED) is 0.717. The van der Waals surface area contributed by atoms with Crippen molar-refractivity contribution in [2.24, 2.45) is 11.8 Å². The van der Waals surface area contributed by atoms with Gasteiger partial charge in [-0.15, -0.1) is 0 Å². The van der Waals surface area contributed by atoms with Crippen molar-refractivity contribution in [1.29, 1.82) is 0 Å². The summed E-state index contributed by atoms with van der Waals surface area (Å²) in [6.45, 7) is 7.47. The van der Waals surface area contributed by atoms with Crippen LogP contribution in [0.4, 0.5) is 0 Å². The number of Topliss-reactive ketones (excluding diaryl/α,β-unsaturated/α-hetero) is 1. The highest BCUT2D eigenvalue weighted by atomic mass is 16.2. The van der Waals surface area contributed by atoms with Crippen LogP contribution in [0.15, 0.2) is 30.3 Å². The van der Waals surface area contributed by atoms with Gasteiger partial charge < -0.3 is 10.6 Å². The molecule has 0 spiro atoms. The number of nitrogens with one attached hydrogen (secondary N) is 2. The molecule has 0 unspecified atom stereocenters. The largest absolute Gasteiger partial charge is 0.354 e. The number of carbonyl (C=O) groups is 3. The van der Waals surface area contributed by atoms with Gasteiger partial charge in [0.05, 0.1) is 0 Å². The van der Waals surface area contributed by atoms with Gasteiger partial charge in [0.2, 0.25) is 11.7 Å². The monoisotopic (exact) mass is 318 g/mol. The van der Waals surface area contributed by atoms with Crippen molar-refractivity contribution >= 4 is 17.6 Å². The third kappa shape index (κ3) is 6.22. The van der Waals surface area contributed by atoms with Crippen molar-refractivity contribution in [2.45, 2.75) is 40.2 Å². The fraction of sp³-hybridized carbons (Fsp3) is 0.500. The number of amides is 2. The molecule has 1 atom stereocenters. The molecule has 0 saturated carbocycles. The van der Waals surface area contributed by atoms with Gasteiger partial charge in [0.1, 0.15) is 6.04 Å². The van der Waals surface area contributed by atoms with Gasteiger partial charge in [-0.3, -0.25) is 14.4 Å². The van der Waals surface area contributed by atoms with Gasteiger partial charge in [-0.1, -0.05) is 58.0 Å². The molecule has 0 bridgehead atoms. The standard InChI is InChI=1S/C18H26N2O3/c1-12(2)15(20-18(23)16(21)13(3)4)17(22)19-11-10-14-8-6-5-7-9-14/h5-9,12-13,15H,10-11H2,1-4H3,(H,19,22)(H,20,23)/t15-/m0/s1. The first kappa shape index (κ1) is 18.9. The Morgan fingerprint density at radius 1 is 1.00 bits per heavy atom. The van der Waals surface area contributed by atoms with Crippen LogP contribution >= 0.6 is 0 Å². The molecular weight excluding hydrogens is 292 g/mol. The average molecular weight is 318 g/mol. The normalized spacial score (nSPS) is 12.1. The molecule has 5 nitrogen and oxygen atoms in total. The molecule has 0 aliphatic heterocycles. The average Bonchev–Trinajstić information content (AvgIpc) is 2.52. The fourth-order valence-corrected chi connectivity index (χ4v) is 2.09. The van der Waals surface area contributed by atoms with Gasteiger partial charge in [-0.25, -0.2) is 0 Å². The van der Waals surface area contributed by atoms with Gasteiger partial charge in [-0.05, 0) is 17.9 Å². The Kier molecular flexibility index (Phi) is 7.45. The number of hydrogen-bond donors (Lipinski definition) is 2. The zero-order valence-corrected chi connectivity index (χ0v) is 14.3. The molecule has 0 heterocycles. The summed E-state index contributed by atoms with van der Waals surface area (Å²) in [5.74, 6) is -1.95. The van der Waals surface area contributed by atoms with Crippen molar-refractivity contribution in [3.63, 3.8) is 0 Å². The Morgan fingerprint density at radius 2 is 1.61 bits per heavy atom. The molecule has 0 radical (unpaired) electrons. The van der Waals surface area contributed by atoms with E-state index in [9.17, 15) is 14.4 Å². The van der Waals surface area contributed by atoms with Gasteiger partial charge in [0.25, 0.3) is 5.91 Å². The van der Waals surface area contributed by atoms with E-state index in [2.05, 4.69) is 10.6 Å². The highest BCUT2D eigenvalue weighted by molar-refractivity contribution is 6.37. The number of benzene rings is 1. The molecule has 2 amide bonds. The van der Waals surface area contributed by atoms with Crippen molar-refractivity contribution < 1.29 is 14.4 Å². The van der Waals surface area contributed by atoms with Crippen LogP contribution in [-0.4, -0.2) is 30.2 Å². The minimum atomic E-state index is -0.707. The summed E-state index contributed by atoms with van der Waals surface area (Å²) in [5.41, 5.74) is 1.13. The summed E-state index contributed by atoms with van der Waals surface area (Å²) in [6, 6.07) is 9.13. The zero-order valence-electron chi connectivity index (χ0n) is 14.3. The molecular formula is C18H26N2O3. The van der Waals surface area contributed by atoms with Crippen molar-refractivity contribution in [1.82, 2.24) is 10.6 Å². The summed E-state index contributed by atoms with van der Waals surface area (Å²) >= 11 is 0. The predicted molar refractivity (Wildman–Crippen MR) is 89.8 cm³/mol. The van der Waals surface area contributed by atoms with E-state index in [0.717, 1.165) is 12.0 Å². The lowest BCUT2D eigenvalue weighted by Crippen LogP contribution is -2.52. The van der Waals surface area contributed by atoms with Gasteiger partial charge in [0, 0.05) is 12.5 Å². The van der Waals surface area contributed by atoms with E-state index in [1.807, 2.05) is 44.2 Å². The van der Waals surface area contributed by atoms with Crippen LogP contribution in [0.2, 0.25) is 0 Å². The van der Waals surface area contributed by atoms with Crippen molar-refractivity contribution in [2.75, 3.05) is 6.54 Å². The van der Waals surface area contributed by atoms with Gasteiger partial charge >= 0.3 is 0 Å². The summed E-state index contributed by atoms with van der Waals surface area (Å²) in [6.07, 6.45) is 0.719. The first-order valence-corrected chi connectivity index (χ1v) is 7.99. The Bertz CT molecular complexity index is 538. The topological polar surface area (TPSA) is 75.3 Å². The molecule has 0 aromatic heterocycles. The van der Waals surface area contributed by atoms with E-state index < -0.39 is 17.7 Å². The Hall–Kier alpha value is -2.17. The van der Waals surface area contributed by atoms with E-state index in [-0.39, 0.29) is 17.7 Å². The van der Waals surface area contributed by atoms with E-state index in [1.54, 1.807) is 13.8 Å². The third-order valence-corrected chi connectivity index (χ3v) is 3.54. The molecule has 2 N–H and O–H groups in total. The van der Waals surface area contributed by atoms with Crippen LogP contribution in [0.1, 0.15) is 33.3 Å². The van der Waals surface area contributed by atoms with Crippen LogP contribution in [0, 0.1) is 11.8 Å². The number of ketones is 1. The van der Waals surface area contributed by atoms with Crippen LogP contribution < -0.4 is 10.6 Å². The maximum atomic E-state index is 12.3. The lowest BCUT2D eigenvalue weighted by atomic mass is 10.0. The smallest absolute Gasteiger partial charge is 0.288 e. The number of carbonyl (C=O) groups excluding carboxylic acids is 3. The molecule has 1 aromatic rings. The summed E-state index contributed by atoms with van der Waals surface area (Å²) in [4.78, 5) is 35.8. The Balaban J connectivity index is 2.54. The van der Waals surface area contributed by atoms with Crippen LogP contribution in [0.3, 0.4) is 0 Å². The molecule has 5 heteroatoms. The molecule has 126 valence electrons. The van der Waals surface area contributed by atoms with Crippen LogP contribution in [-0.2, 0) is 20.8 Å². The first-order valence-electron chi connectivity index (χ1n) is 7.99. The maximum Gasteiger partial charge on any atom is 0.288 e. The van der Waals surface area contributed by atoms with Crippen molar-refractivity contribution in [3.05, 3.63) is 35.9 Å². The Labute approximate surface area is 137 Å². The molecule has 0 aliphatic carbocycles. The summed E-state index contributed by atoms with van der Waals surface area (Å²) in [7, 11) is 0. The van der Waals surface area contributed by atoms with Crippen LogP contribution in [0.5, 0.6) is 0 Å². The van der Waals surface area contributed by atoms with E-state index in [0.29, 0.717) is 6.54 Å². The first-order chi connectivity index (χ1) is 10.8. The van der Waals surface area contributed by atoms with E-state index in [1.165, 1.54) is 0 Å². The second-order valence-electron chi connectivity index (χ2n) is 6.24. The molecule has 23 heavy (non-hydrogen) atoms. The summed E-state index contributed by atoms with van der Waals surface area (Å²) < 4.78 is 0. The Morgan fingerprint density at radius 3 is 2.13 bits per heavy atom. The maximum absolute atomic E-state index is 12.3. The molecule has 1 rings (SSSR count). The second-order valence-corrected chi connectivity index (χ2v) is 6.24. The predicted octanol–water partition coefficient (Wildman–Crippen LogP) is 1.71. The third-order valence-electron chi connectivity index (χ3n) is 3.54. The lowest BCUT2D eigenvalue weighted by Gasteiger charge is -2.21. The fourth-order valence-electron chi connectivity index (χ4n) is 2.09. The lowest BCUT2D eigenvalue weighted by molar-refractivity contribution is -0.141. The van der Waals surface area contributed by atoms with Gasteiger partial charge in [-0.2, -0.15) is 0 Å². The second kappa shape index (κ2) is 9.08. The SMILES string of the molecule is CC(C)C(=O)C(=O)N[C@H](C(=O)NCCc1ccccc1)C(C)C. The summed E-state index contributed by atoms with van der Waals surface area (Å²) in [5, 5.41) is 5.37. The number of hydrogen-bond acceptors (Lipinski definition) is 3. The minimum Gasteiger partial charge on any atom is -0.354 e.